The standard InChI is InChI=1S/C17H20N2O4S/c1-11(2)16-18-12(3)15(23-16)17(20)19-8-9-24(21,22)14-7-5-4-6-13(14)10-19/h4-7,11H,8-10H2,1-3H3. The first-order chi connectivity index (χ1) is 11.3. The van der Waals surface area contributed by atoms with E-state index in [4.69, 9.17) is 4.42 Å². The minimum absolute atomic E-state index is 0.0792. The SMILES string of the molecule is Cc1nc(C(C)C)oc1C(=O)N1CCS(=O)(=O)c2ccccc2C1. The van der Waals surface area contributed by atoms with Gasteiger partial charge in [-0.1, -0.05) is 32.0 Å². The van der Waals surface area contributed by atoms with Crippen LogP contribution in [0.25, 0.3) is 0 Å². The zero-order chi connectivity index (χ0) is 17.5. The van der Waals surface area contributed by atoms with Gasteiger partial charge in [0.25, 0.3) is 5.91 Å². The van der Waals surface area contributed by atoms with Crippen LogP contribution in [0.15, 0.2) is 33.6 Å². The van der Waals surface area contributed by atoms with Gasteiger partial charge in [-0.15, -0.1) is 0 Å². The number of hydrogen-bond acceptors (Lipinski definition) is 5. The van der Waals surface area contributed by atoms with E-state index < -0.39 is 9.84 Å². The summed E-state index contributed by atoms with van der Waals surface area (Å²) in [6, 6.07) is 6.81. The van der Waals surface area contributed by atoms with Gasteiger partial charge in [0, 0.05) is 19.0 Å². The van der Waals surface area contributed by atoms with Crippen molar-refractivity contribution in [3.63, 3.8) is 0 Å². The molecule has 0 aliphatic carbocycles. The number of rotatable bonds is 2. The van der Waals surface area contributed by atoms with Crippen molar-refractivity contribution >= 4 is 15.7 Å². The lowest BCUT2D eigenvalue weighted by molar-refractivity contribution is 0.0719. The van der Waals surface area contributed by atoms with E-state index in [0.29, 0.717) is 22.0 Å². The Morgan fingerprint density at radius 3 is 2.67 bits per heavy atom. The number of oxazole rings is 1. The Hall–Kier alpha value is -2.15. The first-order valence-corrected chi connectivity index (χ1v) is 9.52. The number of fused-ring (bicyclic) bond motifs is 1. The second kappa shape index (κ2) is 6.05. The van der Waals surface area contributed by atoms with Crippen LogP contribution in [-0.4, -0.2) is 36.5 Å². The summed E-state index contributed by atoms with van der Waals surface area (Å²) in [5, 5.41) is 0. The normalized spacial score (nSPS) is 16.8. The largest absolute Gasteiger partial charge is 0.435 e. The van der Waals surface area contributed by atoms with Crippen molar-refractivity contribution in [2.24, 2.45) is 0 Å². The van der Waals surface area contributed by atoms with Crippen molar-refractivity contribution in [1.29, 1.82) is 0 Å². The predicted octanol–water partition coefficient (Wildman–Crippen LogP) is 2.54. The molecule has 3 rings (SSSR count). The average Bonchev–Trinajstić information content (AvgIpc) is 2.86. The van der Waals surface area contributed by atoms with Crippen molar-refractivity contribution in [2.75, 3.05) is 12.3 Å². The zero-order valence-corrected chi connectivity index (χ0v) is 14.8. The molecule has 0 N–H and O–H groups in total. The van der Waals surface area contributed by atoms with Gasteiger partial charge < -0.3 is 9.32 Å². The van der Waals surface area contributed by atoms with E-state index in [1.165, 1.54) is 4.90 Å². The van der Waals surface area contributed by atoms with Crippen molar-refractivity contribution in [2.45, 2.75) is 38.1 Å². The number of nitrogens with zero attached hydrogens (tertiary/aromatic N) is 2. The molecular formula is C17H20N2O4S. The fraction of sp³-hybridized carbons (Fsp3) is 0.412. The van der Waals surface area contributed by atoms with Gasteiger partial charge in [-0.2, -0.15) is 0 Å². The number of benzene rings is 1. The third-order valence-electron chi connectivity index (χ3n) is 4.09. The molecule has 2 heterocycles. The maximum Gasteiger partial charge on any atom is 0.291 e. The molecule has 128 valence electrons. The summed E-state index contributed by atoms with van der Waals surface area (Å²) >= 11 is 0. The molecule has 6 nitrogen and oxygen atoms in total. The van der Waals surface area contributed by atoms with Crippen LogP contribution in [0.4, 0.5) is 0 Å². The van der Waals surface area contributed by atoms with Crippen LogP contribution in [0.5, 0.6) is 0 Å². The summed E-state index contributed by atoms with van der Waals surface area (Å²) < 4.78 is 30.4. The van der Waals surface area contributed by atoms with Crippen molar-refractivity contribution in [3.05, 3.63) is 47.2 Å². The van der Waals surface area contributed by atoms with Crippen molar-refractivity contribution in [1.82, 2.24) is 9.88 Å². The molecule has 1 aliphatic rings. The minimum atomic E-state index is -3.39. The first-order valence-electron chi connectivity index (χ1n) is 7.87. The van der Waals surface area contributed by atoms with E-state index in [2.05, 4.69) is 4.98 Å². The zero-order valence-electron chi connectivity index (χ0n) is 13.9. The van der Waals surface area contributed by atoms with E-state index in [0.717, 1.165) is 0 Å². The monoisotopic (exact) mass is 348 g/mol. The Morgan fingerprint density at radius 1 is 1.29 bits per heavy atom. The lowest BCUT2D eigenvalue weighted by Crippen LogP contribution is -2.32. The van der Waals surface area contributed by atoms with Crippen LogP contribution in [-0.2, 0) is 16.4 Å². The summed E-state index contributed by atoms with van der Waals surface area (Å²) in [6.45, 7) is 5.98. The molecule has 0 spiro atoms. The van der Waals surface area contributed by atoms with Crippen LogP contribution in [0.2, 0.25) is 0 Å². The van der Waals surface area contributed by atoms with Crippen molar-refractivity contribution < 1.29 is 17.6 Å². The number of aromatic nitrogens is 1. The summed E-state index contributed by atoms with van der Waals surface area (Å²) in [5.74, 6) is 0.364. The van der Waals surface area contributed by atoms with Gasteiger partial charge in [-0.05, 0) is 18.6 Å². The van der Waals surface area contributed by atoms with E-state index >= 15 is 0 Å². The Labute approximate surface area is 141 Å². The second-order valence-corrected chi connectivity index (χ2v) is 8.35. The van der Waals surface area contributed by atoms with Gasteiger partial charge in [-0.3, -0.25) is 4.79 Å². The van der Waals surface area contributed by atoms with Crippen molar-refractivity contribution in [3.8, 4) is 0 Å². The minimum Gasteiger partial charge on any atom is -0.435 e. The number of carbonyl (C=O) groups is 1. The molecule has 24 heavy (non-hydrogen) atoms. The van der Waals surface area contributed by atoms with E-state index in [1.54, 1.807) is 31.2 Å². The average molecular weight is 348 g/mol. The predicted molar refractivity (Wildman–Crippen MR) is 88.6 cm³/mol. The number of sulfone groups is 1. The van der Waals surface area contributed by atoms with Gasteiger partial charge in [0.05, 0.1) is 16.3 Å². The molecule has 0 unspecified atom stereocenters. The molecular weight excluding hydrogens is 328 g/mol. The van der Waals surface area contributed by atoms with E-state index in [1.807, 2.05) is 13.8 Å². The van der Waals surface area contributed by atoms with Crippen LogP contribution in [0.3, 0.4) is 0 Å². The Morgan fingerprint density at radius 2 is 2.00 bits per heavy atom. The Bertz CT molecular complexity index is 884. The molecule has 1 aromatic carbocycles. The molecule has 2 aromatic rings. The third-order valence-corrected chi connectivity index (χ3v) is 5.88. The Balaban J connectivity index is 1.95. The highest BCUT2D eigenvalue weighted by molar-refractivity contribution is 7.91. The Kier molecular flexibility index (Phi) is 4.21. The highest BCUT2D eigenvalue weighted by Crippen LogP contribution is 2.25. The van der Waals surface area contributed by atoms with Gasteiger partial charge in [-0.25, -0.2) is 13.4 Å². The van der Waals surface area contributed by atoms with Crippen LogP contribution < -0.4 is 0 Å². The third kappa shape index (κ3) is 2.96. The highest BCUT2D eigenvalue weighted by atomic mass is 32.2. The molecule has 0 fully saturated rings. The van der Waals surface area contributed by atoms with E-state index in [9.17, 15) is 13.2 Å². The summed E-state index contributed by atoms with van der Waals surface area (Å²) in [6.07, 6.45) is 0. The smallest absolute Gasteiger partial charge is 0.291 e. The van der Waals surface area contributed by atoms with Crippen LogP contribution in [0.1, 0.15) is 47.5 Å². The lowest BCUT2D eigenvalue weighted by Gasteiger charge is -2.19. The lowest BCUT2D eigenvalue weighted by atomic mass is 10.2. The van der Waals surface area contributed by atoms with E-state index in [-0.39, 0.29) is 36.4 Å². The fourth-order valence-corrected chi connectivity index (χ4v) is 4.24. The topological polar surface area (TPSA) is 80.5 Å². The maximum absolute atomic E-state index is 12.8. The molecule has 0 bridgehead atoms. The molecule has 7 heteroatoms. The van der Waals surface area contributed by atoms with Crippen LogP contribution in [0, 0.1) is 6.92 Å². The maximum atomic E-state index is 12.8. The number of amides is 1. The number of hydrogen-bond donors (Lipinski definition) is 0. The summed E-state index contributed by atoms with van der Waals surface area (Å²) in [7, 11) is -3.39. The van der Waals surface area contributed by atoms with Crippen LogP contribution >= 0.6 is 0 Å². The summed E-state index contributed by atoms with van der Waals surface area (Å²) in [5.41, 5.74) is 1.16. The van der Waals surface area contributed by atoms with Gasteiger partial charge in [0.15, 0.2) is 15.7 Å². The van der Waals surface area contributed by atoms with Gasteiger partial charge in [0.2, 0.25) is 5.76 Å². The quantitative estimate of drug-likeness (QED) is 0.833. The fourth-order valence-electron chi connectivity index (χ4n) is 2.74. The molecule has 0 saturated carbocycles. The number of carbonyl (C=O) groups excluding carboxylic acids is 1. The van der Waals surface area contributed by atoms with Gasteiger partial charge in [0.1, 0.15) is 0 Å². The molecule has 1 aliphatic heterocycles. The molecule has 0 radical (unpaired) electrons. The highest BCUT2D eigenvalue weighted by Gasteiger charge is 2.30. The van der Waals surface area contributed by atoms with Gasteiger partial charge >= 0.3 is 0 Å². The second-order valence-electron chi connectivity index (χ2n) is 6.27. The molecule has 0 saturated heterocycles. The molecule has 0 atom stereocenters. The summed E-state index contributed by atoms with van der Waals surface area (Å²) in [4.78, 5) is 18.9. The first kappa shape index (κ1) is 16.7. The number of aryl methyl sites for hydroxylation is 1. The molecule has 1 amide bonds. The molecule has 1 aromatic heterocycles.